The molecule has 0 saturated heterocycles. The molecule has 2 aromatic rings. The van der Waals surface area contributed by atoms with E-state index >= 15 is 0 Å². The number of rotatable bonds is 3. The van der Waals surface area contributed by atoms with Gasteiger partial charge in [-0.1, -0.05) is 18.2 Å². The maximum Gasteiger partial charge on any atom is 0.267 e. The number of benzene rings is 1. The molecule has 0 aliphatic rings. The van der Waals surface area contributed by atoms with Crippen LogP contribution in [0.5, 0.6) is 0 Å². The molecule has 6 nitrogen and oxygen atoms in total. The van der Waals surface area contributed by atoms with Crippen LogP contribution in [-0.2, 0) is 6.54 Å². The molecule has 0 aliphatic heterocycles. The number of carbonyl (C=O) groups excluding carboxylic acids is 1. The topological polar surface area (TPSA) is 90.0 Å². The van der Waals surface area contributed by atoms with Gasteiger partial charge in [-0.05, 0) is 24.1 Å². The Morgan fingerprint density at radius 2 is 2.16 bits per heavy atom. The predicted molar refractivity (Wildman–Crippen MR) is 70.4 cm³/mol. The second kappa shape index (κ2) is 5.45. The molecule has 0 aliphatic carbocycles. The van der Waals surface area contributed by atoms with Gasteiger partial charge in [0.05, 0.1) is 12.7 Å². The van der Waals surface area contributed by atoms with Crippen molar-refractivity contribution in [2.75, 3.05) is 0 Å². The molecule has 6 heteroatoms. The monoisotopic (exact) mass is 258 g/mol. The Morgan fingerprint density at radius 1 is 1.42 bits per heavy atom. The van der Waals surface area contributed by atoms with Crippen molar-refractivity contribution in [3.05, 3.63) is 63.6 Å². The van der Waals surface area contributed by atoms with Gasteiger partial charge in [0.2, 0.25) is 0 Å². The Kier molecular flexibility index (Phi) is 3.72. The summed E-state index contributed by atoms with van der Waals surface area (Å²) < 4.78 is 1.30. The summed E-state index contributed by atoms with van der Waals surface area (Å²) in [5.74, 6) is 4.74. The minimum absolute atomic E-state index is 0.206. The normalized spacial score (nSPS) is 10.2. The minimum atomic E-state index is -0.393. The summed E-state index contributed by atoms with van der Waals surface area (Å²) in [4.78, 5) is 23.4. The second-order valence-corrected chi connectivity index (χ2v) is 4.16. The lowest BCUT2D eigenvalue weighted by molar-refractivity contribution is 0.0952. The van der Waals surface area contributed by atoms with E-state index < -0.39 is 5.91 Å². The smallest absolute Gasteiger partial charge is 0.267 e. The van der Waals surface area contributed by atoms with Gasteiger partial charge in [-0.2, -0.15) is 5.10 Å². The lowest BCUT2D eigenvalue weighted by atomic mass is 10.1. The fourth-order valence-corrected chi connectivity index (χ4v) is 1.76. The third-order valence-corrected chi connectivity index (χ3v) is 2.72. The van der Waals surface area contributed by atoms with E-state index in [9.17, 15) is 9.59 Å². The van der Waals surface area contributed by atoms with Gasteiger partial charge in [0.1, 0.15) is 0 Å². The van der Waals surface area contributed by atoms with Crippen LogP contribution in [0.15, 0.2) is 41.3 Å². The van der Waals surface area contributed by atoms with Crippen molar-refractivity contribution < 1.29 is 4.79 Å². The summed E-state index contributed by atoms with van der Waals surface area (Å²) in [6.07, 6.45) is 1.60. The third kappa shape index (κ3) is 2.86. The summed E-state index contributed by atoms with van der Waals surface area (Å²) >= 11 is 0. The number of hydrogen-bond donors (Lipinski definition) is 2. The lowest BCUT2D eigenvalue weighted by Gasteiger charge is -2.09. The number of nitrogen functional groups attached to an aromatic ring is 1. The van der Waals surface area contributed by atoms with Gasteiger partial charge in [-0.15, -0.1) is 0 Å². The Morgan fingerprint density at radius 3 is 2.84 bits per heavy atom. The SMILES string of the molecule is Cc1cnn(Cc2ccccc2C(=O)NN)c(=O)c1. The predicted octanol–water partition coefficient (Wildman–Crippen LogP) is 0.204. The molecular formula is C13H14N4O2. The van der Waals surface area contributed by atoms with Gasteiger partial charge < -0.3 is 0 Å². The Labute approximate surface area is 109 Å². The molecule has 2 rings (SSSR count). The number of hydrogen-bond acceptors (Lipinski definition) is 4. The lowest BCUT2D eigenvalue weighted by Crippen LogP contribution is -2.31. The van der Waals surface area contributed by atoms with Gasteiger partial charge in [0.15, 0.2) is 0 Å². The Balaban J connectivity index is 2.38. The molecule has 1 heterocycles. The van der Waals surface area contributed by atoms with E-state index in [-0.39, 0.29) is 12.1 Å². The van der Waals surface area contributed by atoms with E-state index in [1.54, 1.807) is 37.4 Å². The van der Waals surface area contributed by atoms with E-state index in [2.05, 4.69) is 10.5 Å². The summed E-state index contributed by atoms with van der Waals surface area (Å²) in [7, 11) is 0. The van der Waals surface area contributed by atoms with Crippen LogP contribution in [0.4, 0.5) is 0 Å². The number of carbonyl (C=O) groups is 1. The largest absolute Gasteiger partial charge is 0.290 e. The van der Waals surface area contributed by atoms with Gasteiger partial charge in [0.25, 0.3) is 11.5 Å². The van der Waals surface area contributed by atoms with Crippen LogP contribution in [-0.4, -0.2) is 15.7 Å². The molecule has 3 N–H and O–H groups in total. The number of nitrogens with one attached hydrogen (secondary N) is 1. The molecule has 98 valence electrons. The van der Waals surface area contributed by atoms with Crippen LogP contribution in [0.3, 0.4) is 0 Å². The molecular weight excluding hydrogens is 244 g/mol. The van der Waals surface area contributed by atoms with Crippen LogP contribution >= 0.6 is 0 Å². The molecule has 0 saturated carbocycles. The van der Waals surface area contributed by atoms with Gasteiger partial charge >= 0.3 is 0 Å². The number of nitrogens with two attached hydrogens (primary N) is 1. The quantitative estimate of drug-likeness (QED) is 0.467. The zero-order valence-electron chi connectivity index (χ0n) is 10.5. The molecule has 0 bridgehead atoms. The van der Waals surface area contributed by atoms with Crippen LogP contribution in [0.2, 0.25) is 0 Å². The number of nitrogens with zero attached hydrogens (tertiary/aromatic N) is 2. The number of amides is 1. The van der Waals surface area contributed by atoms with Crippen molar-refractivity contribution in [1.29, 1.82) is 0 Å². The van der Waals surface area contributed by atoms with Crippen LogP contribution in [0.1, 0.15) is 21.5 Å². The molecule has 1 amide bonds. The summed E-state index contributed by atoms with van der Waals surface area (Å²) in [5.41, 5.74) is 3.79. The van der Waals surface area contributed by atoms with Crippen molar-refractivity contribution in [1.82, 2.24) is 15.2 Å². The number of aromatic nitrogens is 2. The first-order valence-electron chi connectivity index (χ1n) is 5.74. The minimum Gasteiger partial charge on any atom is -0.290 e. The standard InChI is InChI=1S/C13H14N4O2/c1-9-6-12(18)17(15-7-9)8-10-4-2-3-5-11(10)13(19)16-14/h2-7H,8,14H2,1H3,(H,16,19). The molecule has 0 unspecified atom stereocenters. The van der Waals surface area contributed by atoms with Crippen LogP contribution < -0.4 is 16.8 Å². The van der Waals surface area contributed by atoms with E-state index in [1.165, 1.54) is 10.7 Å². The fourth-order valence-electron chi connectivity index (χ4n) is 1.76. The van der Waals surface area contributed by atoms with E-state index in [0.29, 0.717) is 11.1 Å². The highest BCUT2D eigenvalue weighted by Gasteiger charge is 2.10. The molecule has 1 aromatic carbocycles. The highest BCUT2D eigenvalue weighted by atomic mass is 16.2. The van der Waals surface area contributed by atoms with E-state index in [0.717, 1.165) is 5.56 Å². The van der Waals surface area contributed by atoms with Crippen molar-refractivity contribution >= 4 is 5.91 Å². The maximum absolute atomic E-state index is 11.8. The molecule has 19 heavy (non-hydrogen) atoms. The first kappa shape index (κ1) is 13.0. The highest BCUT2D eigenvalue weighted by Crippen LogP contribution is 2.09. The van der Waals surface area contributed by atoms with Crippen molar-refractivity contribution in [2.45, 2.75) is 13.5 Å². The Hall–Kier alpha value is -2.47. The van der Waals surface area contributed by atoms with Crippen LogP contribution in [0.25, 0.3) is 0 Å². The summed E-state index contributed by atoms with van der Waals surface area (Å²) in [5, 5.41) is 4.04. The molecule has 1 aromatic heterocycles. The first-order valence-corrected chi connectivity index (χ1v) is 5.74. The van der Waals surface area contributed by atoms with Crippen LogP contribution in [0, 0.1) is 6.92 Å². The second-order valence-electron chi connectivity index (χ2n) is 4.16. The molecule has 0 spiro atoms. The fraction of sp³-hybridized carbons (Fsp3) is 0.154. The number of aryl methyl sites for hydroxylation is 1. The molecule has 0 atom stereocenters. The van der Waals surface area contributed by atoms with E-state index in [4.69, 9.17) is 5.84 Å². The van der Waals surface area contributed by atoms with Crippen molar-refractivity contribution in [3.63, 3.8) is 0 Å². The summed E-state index contributed by atoms with van der Waals surface area (Å²) in [6.45, 7) is 2.03. The summed E-state index contributed by atoms with van der Waals surface area (Å²) in [6, 6.07) is 8.44. The highest BCUT2D eigenvalue weighted by molar-refractivity contribution is 5.95. The molecule has 0 radical (unpaired) electrons. The average Bonchev–Trinajstić information content (AvgIpc) is 2.41. The van der Waals surface area contributed by atoms with Crippen molar-refractivity contribution in [3.8, 4) is 0 Å². The van der Waals surface area contributed by atoms with Crippen molar-refractivity contribution in [2.24, 2.45) is 5.84 Å². The zero-order valence-corrected chi connectivity index (χ0v) is 10.5. The average molecular weight is 258 g/mol. The first-order chi connectivity index (χ1) is 9.11. The molecule has 0 fully saturated rings. The van der Waals surface area contributed by atoms with Gasteiger partial charge in [0, 0.05) is 11.6 Å². The van der Waals surface area contributed by atoms with Gasteiger partial charge in [-0.3, -0.25) is 15.0 Å². The zero-order chi connectivity index (χ0) is 13.8. The Bertz CT molecular complexity index is 664. The third-order valence-electron chi connectivity index (χ3n) is 2.72. The van der Waals surface area contributed by atoms with E-state index in [1.807, 2.05) is 0 Å². The van der Waals surface area contributed by atoms with Gasteiger partial charge in [-0.25, -0.2) is 10.5 Å². The number of hydrazine groups is 1. The maximum atomic E-state index is 11.8.